The summed E-state index contributed by atoms with van der Waals surface area (Å²) in [5, 5.41) is 4.05. The van der Waals surface area contributed by atoms with Crippen LogP contribution in [0.4, 0.5) is 11.4 Å². The number of methoxy groups -OCH3 is 1. The molecule has 1 heterocycles. The van der Waals surface area contributed by atoms with Crippen molar-refractivity contribution >= 4 is 33.4 Å². The maximum atomic E-state index is 8.74. The van der Waals surface area contributed by atoms with Gasteiger partial charge in [0.25, 0.3) is 0 Å². The van der Waals surface area contributed by atoms with E-state index < -0.39 is 10.4 Å². The first kappa shape index (κ1) is 17.5. The highest BCUT2D eigenvalue weighted by molar-refractivity contribution is 7.79. The number of hydrogen-bond donors (Lipinski definition) is 4. The van der Waals surface area contributed by atoms with Gasteiger partial charge in [-0.2, -0.15) is 8.42 Å². The number of rotatable bonds is 1. The average molecular weight is 359 g/mol. The van der Waals surface area contributed by atoms with E-state index in [0.717, 1.165) is 28.3 Å². The van der Waals surface area contributed by atoms with Gasteiger partial charge in [0.15, 0.2) is 0 Å². The molecule has 0 radical (unpaired) electrons. The second-order valence-electron chi connectivity index (χ2n) is 4.74. The van der Waals surface area contributed by atoms with Gasteiger partial charge < -0.3 is 15.8 Å². The smallest absolute Gasteiger partial charge is 0.394 e. The summed E-state index contributed by atoms with van der Waals surface area (Å²) in [5.41, 5.74) is 10.3. The third-order valence-electron chi connectivity index (χ3n) is 3.21. The fraction of sp³-hybridized carbons (Fsp3) is 0.143. The third kappa shape index (κ3) is 4.57. The molecule has 124 valence electrons. The SMILES string of the molecule is COc1ccc2c(c1)Nc1ccc(Cl)cc1C2N.O=S(=O)(O)O. The average Bonchev–Trinajstić information content (AvgIpc) is 2.46. The van der Waals surface area contributed by atoms with Gasteiger partial charge in [-0.1, -0.05) is 17.7 Å². The lowest BCUT2D eigenvalue weighted by molar-refractivity contribution is 0.381. The van der Waals surface area contributed by atoms with Crippen LogP contribution in [0.2, 0.25) is 5.02 Å². The Bertz CT molecular complexity index is 818. The largest absolute Gasteiger partial charge is 0.497 e. The molecular weight excluding hydrogens is 344 g/mol. The van der Waals surface area contributed by atoms with E-state index in [9.17, 15) is 0 Å². The highest BCUT2D eigenvalue weighted by atomic mass is 35.5. The Labute approximate surface area is 138 Å². The molecule has 1 atom stereocenters. The van der Waals surface area contributed by atoms with Crippen LogP contribution >= 0.6 is 11.6 Å². The van der Waals surface area contributed by atoms with E-state index in [1.54, 1.807) is 7.11 Å². The van der Waals surface area contributed by atoms with Crippen LogP contribution in [0.15, 0.2) is 36.4 Å². The van der Waals surface area contributed by atoms with Crippen molar-refractivity contribution in [3.8, 4) is 5.75 Å². The molecular formula is C14H15ClN2O5S. The number of fused-ring (bicyclic) bond motifs is 2. The monoisotopic (exact) mass is 358 g/mol. The van der Waals surface area contributed by atoms with Crippen molar-refractivity contribution in [2.45, 2.75) is 6.04 Å². The van der Waals surface area contributed by atoms with E-state index in [1.807, 2.05) is 36.4 Å². The van der Waals surface area contributed by atoms with E-state index in [2.05, 4.69) is 5.32 Å². The molecule has 0 bridgehead atoms. The summed E-state index contributed by atoms with van der Waals surface area (Å²) in [6.45, 7) is 0. The molecule has 23 heavy (non-hydrogen) atoms. The first-order valence-electron chi connectivity index (χ1n) is 6.39. The molecule has 0 saturated heterocycles. The molecule has 0 aromatic heterocycles. The molecule has 7 nitrogen and oxygen atoms in total. The van der Waals surface area contributed by atoms with Crippen molar-refractivity contribution in [2.75, 3.05) is 12.4 Å². The molecule has 0 saturated carbocycles. The van der Waals surface area contributed by atoms with Gasteiger partial charge in [0, 0.05) is 22.5 Å². The van der Waals surface area contributed by atoms with Crippen LogP contribution in [-0.4, -0.2) is 24.6 Å². The normalized spacial score (nSPS) is 15.4. The van der Waals surface area contributed by atoms with Gasteiger partial charge in [-0.05, 0) is 35.4 Å². The van der Waals surface area contributed by atoms with E-state index in [0.29, 0.717) is 5.02 Å². The molecule has 5 N–H and O–H groups in total. The van der Waals surface area contributed by atoms with Gasteiger partial charge in [0.05, 0.1) is 13.2 Å². The maximum Gasteiger partial charge on any atom is 0.394 e. The van der Waals surface area contributed by atoms with Crippen molar-refractivity contribution in [1.82, 2.24) is 0 Å². The molecule has 1 unspecified atom stereocenters. The Morgan fingerprint density at radius 3 is 2.39 bits per heavy atom. The molecule has 3 rings (SSSR count). The van der Waals surface area contributed by atoms with Crippen molar-refractivity contribution in [2.24, 2.45) is 5.73 Å². The number of hydrogen-bond acceptors (Lipinski definition) is 5. The molecule has 0 amide bonds. The zero-order chi connectivity index (χ0) is 17.2. The molecule has 0 aliphatic carbocycles. The standard InChI is InChI=1S/C14H13ClN2O.H2O4S/c1-18-9-3-4-10-13(7-9)17-12-5-2-8(15)6-11(12)14(10)16;1-5(2,3)4/h2-7,14,17H,16H2,1H3;(H2,1,2,3,4). The Balaban J connectivity index is 0.000000338. The Hall–Kier alpha value is -1.84. The van der Waals surface area contributed by atoms with Crippen LogP contribution in [-0.2, 0) is 10.4 Å². The van der Waals surface area contributed by atoms with Gasteiger partial charge >= 0.3 is 10.4 Å². The van der Waals surface area contributed by atoms with E-state index in [-0.39, 0.29) is 6.04 Å². The number of nitrogens with one attached hydrogen (secondary N) is 1. The summed E-state index contributed by atoms with van der Waals surface area (Å²) in [6, 6.07) is 11.4. The Kier molecular flexibility index (Phi) is 5.12. The lowest BCUT2D eigenvalue weighted by Crippen LogP contribution is -2.19. The second kappa shape index (κ2) is 6.73. The topological polar surface area (TPSA) is 122 Å². The summed E-state index contributed by atoms with van der Waals surface area (Å²) in [5.74, 6) is 0.811. The van der Waals surface area contributed by atoms with Crippen LogP contribution in [0.25, 0.3) is 0 Å². The third-order valence-corrected chi connectivity index (χ3v) is 3.45. The first-order valence-corrected chi connectivity index (χ1v) is 8.16. The number of anilines is 2. The van der Waals surface area contributed by atoms with Gasteiger partial charge in [-0.25, -0.2) is 0 Å². The van der Waals surface area contributed by atoms with Crippen LogP contribution in [0.5, 0.6) is 5.75 Å². The van der Waals surface area contributed by atoms with Crippen molar-refractivity contribution in [3.05, 3.63) is 52.5 Å². The predicted octanol–water partition coefficient (Wildman–Crippen LogP) is 2.80. The van der Waals surface area contributed by atoms with Gasteiger partial charge in [-0.15, -0.1) is 0 Å². The number of halogens is 1. The minimum Gasteiger partial charge on any atom is -0.497 e. The molecule has 0 spiro atoms. The highest BCUT2D eigenvalue weighted by Gasteiger charge is 2.22. The molecule has 0 fully saturated rings. The van der Waals surface area contributed by atoms with Crippen molar-refractivity contribution < 1.29 is 22.3 Å². The Morgan fingerprint density at radius 2 is 1.78 bits per heavy atom. The maximum absolute atomic E-state index is 8.74. The predicted molar refractivity (Wildman–Crippen MR) is 87.9 cm³/mol. The zero-order valence-corrected chi connectivity index (χ0v) is 13.6. The minimum atomic E-state index is -4.67. The summed E-state index contributed by atoms with van der Waals surface area (Å²) in [7, 11) is -3.02. The number of ether oxygens (including phenoxy) is 1. The van der Waals surface area contributed by atoms with E-state index >= 15 is 0 Å². The van der Waals surface area contributed by atoms with E-state index in [1.165, 1.54) is 0 Å². The summed E-state index contributed by atoms with van der Waals surface area (Å²) in [4.78, 5) is 0. The van der Waals surface area contributed by atoms with Crippen molar-refractivity contribution in [1.29, 1.82) is 0 Å². The lowest BCUT2D eigenvalue weighted by atomic mass is 9.92. The molecule has 2 aromatic carbocycles. The molecule has 9 heteroatoms. The summed E-state index contributed by atoms with van der Waals surface area (Å²) >= 11 is 6.01. The van der Waals surface area contributed by atoms with Crippen molar-refractivity contribution in [3.63, 3.8) is 0 Å². The summed E-state index contributed by atoms with van der Waals surface area (Å²) < 4.78 is 36.8. The fourth-order valence-electron chi connectivity index (χ4n) is 2.26. The van der Waals surface area contributed by atoms with Gasteiger partial charge in [0.2, 0.25) is 0 Å². The zero-order valence-electron chi connectivity index (χ0n) is 12.0. The quantitative estimate of drug-likeness (QED) is 0.578. The number of nitrogens with two attached hydrogens (primary N) is 1. The summed E-state index contributed by atoms with van der Waals surface area (Å²) in [6.07, 6.45) is 0. The van der Waals surface area contributed by atoms with Gasteiger partial charge in [-0.3, -0.25) is 9.11 Å². The fourth-order valence-corrected chi connectivity index (χ4v) is 2.44. The molecule has 2 aromatic rings. The lowest BCUT2D eigenvalue weighted by Gasteiger charge is -2.27. The van der Waals surface area contributed by atoms with Crippen LogP contribution in [0, 0.1) is 0 Å². The first-order chi connectivity index (χ1) is 10.7. The van der Waals surface area contributed by atoms with Crippen LogP contribution in [0.3, 0.4) is 0 Å². The Morgan fingerprint density at radius 1 is 1.13 bits per heavy atom. The second-order valence-corrected chi connectivity index (χ2v) is 6.07. The highest BCUT2D eigenvalue weighted by Crippen LogP contribution is 2.40. The molecule has 1 aliphatic heterocycles. The van der Waals surface area contributed by atoms with E-state index in [4.69, 9.17) is 39.6 Å². The van der Waals surface area contributed by atoms with Gasteiger partial charge in [0.1, 0.15) is 5.75 Å². The van der Waals surface area contributed by atoms with Crippen LogP contribution in [0.1, 0.15) is 17.2 Å². The number of benzene rings is 2. The van der Waals surface area contributed by atoms with Crippen LogP contribution < -0.4 is 15.8 Å². The minimum absolute atomic E-state index is 0.166. The molecule has 1 aliphatic rings.